The minimum atomic E-state index is -3.62. The molecule has 8 heteroatoms. The van der Waals surface area contributed by atoms with Gasteiger partial charge < -0.3 is 4.90 Å². The fourth-order valence-corrected chi connectivity index (χ4v) is 4.67. The zero-order valence-corrected chi connectivity index (χ0v) is 15.1. The molecule has 2 heterocycles. The van der Waals surface area contributed by atoms with E-state index in [1.54, 1.807) is 24.4 Å². The fraction of sp³-hybridized carbons (Fsp3) is 0.333. The number of rotatable bonds is 4. The maximum atomic E-state index is 12.3. The normalized spacial score (nSPS) is 16.7. The standard InChI is InChI=1S/C15H16ClN3O2S2/c1-3-10(2)19(9-11-8-17-15(16)22-11)14-12-6-4-5-7-13(12)23(20,21)18-14/h4-8,10H,3,9H2,1-2H3. The van der Waals surface area contributed by atoms with E-state index in [1.165, 1.54) is 11.3 Å². The number of amidine groups is 1. The van der Waals surface area contributed by atoms with E-state index in [2.05, 4.69) is 23.2 Å². The van der Waals surface area contributed by atoms with Crippen LogP contribution >= 0.6 is 22.9 Å². The van der Waals surface area contributed by atoms with Crippen molar-refractivity contribution in [3.63, 3.8) is 0 Å². The highest BCUT2D eigenvalue weighted by Gasteiger charge is 2.33. The van der Waals surface area contributed by atoms with Crippen molar-refractivity contribution in [1.82, 2.24) is 9.88 Å². The molecule has 1 aliphatic heterocycles. The third-order valence-electron chi connectivity index (χ3n) is 3.86. The molecule has 122 valence electrons. The molecular formula is C15H16ClN3O2S2. The van der Waals surface area contributed by atoms with Gasteiger partial charge in [-0.2, -0.15) is 8.42 Å². The van der Waals surface area contributed by atoms with E-state index in [-0.39, 0.29) is 10.9 Å². The zero-order chi connectivity index (χ0) is 16.6. The number of nitrogens with zero attached hydrogens (tertiary/aromatic N) is 3. The van der Waals surface area contributed by atoms with Crippen molar-refractivity contribution in [3.8, 4) is 0 Å². The SMILES string of the molecule is CCC(C)N(Cc1cnc(Cl)s1)C1=NS(=O)(=O)c2ccccc21. The second kappa shape index (κ2) is 6.22. The van der Waals surface area contributed by atoms with Crippen molar-refractivity contribution in [2.45, 2.75) is 37.8 Å². The summed E-state index contributed by atoms with van der Waals surface area (Å²) in [6, 6.07) is 7.07. The van der Waals surface area contributed by atoms with Gasteiger partial charge in [0.15, 0.2) is 10.3 Å². The molecule has 1 aromatic heterocycles. The second-order valence-electron chi connectivity index (χ2n) is 5.35. The summed E-state index contributed by atoms with van der Waals surface area (Å²) in [7, 11) is -3.62. The molecule has 0 spiro atoms. The lowest BCUT2D eigenvalue weighted by molar-refractivity contribution is 0.318. The molecular weight excluding hydrogens is 354 g/mol. The van der Waals surface area contributed by atoms with Gasteiger partial charge in [0.2, 0.25) is 0 Å². The second-order valence-corrected chi connectivity index (χ2v) is 8.62. The van der Waals surface area contributed by atoms with Crippen LogP contribution in [0.4, 0.5) is 0 Å². The van der Waals surface area contributed by atoms with E-state index in [9.17, 15) is 8.42 Å². The average Bonchev–Trinajstić information content (AvgIpc) is 3.06. The molecule has 0 bridgehead atoms. The van der Waals surface area contributed by atoms with Crippen molar-refractivity contribution in [1.29, 1.82) is 0 Å². The Balaban J connectivity index is 2.04. The quantitative estimate of drug-likeness (QED) is 0.826. The van der Waals surface area contributed by atoms with Crippen molar-refractivity contribution in [2.24, 2.45) is 4.40 Å². The van der Waals surface area contributed by atoms with Gasteiger partial charge in [0.1, 0.15) is 4.90 Å². The molecule has 0 amide bonds. The molecule has 2 aromatic rings. The third kappa shape index (κ3) is 3.13. The number of sulfonamides is 1. The minimum absolute atomic E-state index is 0.135. The summed E-state index contributed by atoms with van der Waals surface area (Å²) in [5, 5.41) is 0. The Morgan fingerprint density at radius 3 is 2.74 bits per heavy atom. The first-order valence-corrected chi connectivity index (χ1v) is 9.87. The van der Waals surface area contributed by atoms with E-state index in [4.69, 9.17) is 11.6 Å². The van der Waals surface area contributed by atoms with Crippen molar-refractivity contribution >= 4 is 38.8 Å². The molecule has 23 heavy (non-hydrogen) atoms. The number of aromatic nitrogens is 1. The van der Waals surface area contributed by atoms with Crippen LogP contribution in [0.3, 0.4) is 0 Å². The highest BCUT2D eigenvalue weighted by Crippen LogP contribution is 2.30. The number of benzene rings is 1. The largest absolute Gasteiger partial charge is 0.348 e. The minimum Gasteiger partial charge on any atom is -0.348 e. The Labute approximate surface area is 144 Å². The monoisotopic (exact) mass is 369 g/mol. The molecule has 0 saturated heterocycles. The van der Waals surface area contributed by atoms with Crippen LogP contribution in [0.15, 0.2) is 39.8 Å². The highest BCUT2D eigenvalue weighted by molar-refractivity contribution is 7.90. The van der Waals surface area contributed by atoms with E-state index in [1.807, 2.05) is 11.0 Å². The average molecular weight is 370 g/mol. The molecule has 5 nitrogen and oxygen atoms in total. The van der Waals surface area contributed by atoms with E-state index < -0.39 is 10.0 Å². The molecule has 3 rings (SSSR count). The van der Waals surface area contributed by atoms with E-state index in [0.29, 0.717) is 22.4 Å². The molecule has 1 unspecified atom stereocenters. The lowest BCUT2D eigenvalue weighted by Gasteiger charge is -2.29. The smallest absolute Gasteiger partial charge is 0.285 e. The number of halogens is 1. The third-order valence-corrected chi connectivity index (χ3v) is 6.28. The van der Waals surface area contributed by atoms with Gasteiger partial charge in [-0.05, 0) is 25.5 Å². The van der Waals surface area contributed by atoms with Gasteiger partial charge in [0.05, 0.1) is 6.54 Å². The molecule has 0 aliphatic carbocycles. The van der Waals surface area contributed by atoms with Gasteiger partial charge in [-0.1, -0.05) is 30.7 Å². The first kappa shape index (κ1) is 16.4. The lowest BCUT2D eigenvalue weighted by atomic mass is 10.1. The van der Waals surface area contributed by atoms with Crippen LogP contribution in [0.1, 0.15) is 30.7 Å². The van der Waals surface area contributed by atoms with Crippen LogP contribution in [0.25, 0.3) is 0 Å². The Bertz CT molecular complexity index is 861. The Kier molecular flexibility index (Phi) is 4.44. The first-order chi connectivity index (χ1) is 10.9. The Morgan fingerprint density at radius 1 is 1.35 bits per heavy atom. The summed E-state index contributed by atoms with van der Waals surface area (Å²) in [6.45, 7) is 4.65. The summed E-state index contributed by atoms with van der Waals surface area (Å²) in [5.74, 6) is 0.500. The predicted octanol–water partition coefficient (Wildman–Crippen LogP) is 3.55. The van der Waals surface area contributed by atoms with Crippen LogP contribution in [0.2, 0.25) is 4.47 Å². The fourth-order valence-electron chi connectivity index (χ4n) is 2.48. The zero-order valence-electron chi connectivity index (χ0n) is 12.7. The Hall–Kier alpha value is -1.44. The predicted molar refractivity (Wildman–Crippen MR) is 92.6 cm³/mol. The maximum Gasteiger partial charge on any atom is 0.285 e. The molecule has 1 aliphatic rings. The number of fused-ring (bicyclic) bond motifs is 1. The van der Waals surface area contributed by atoms with Gasteiger partial charge in [-0.25, -0.2) is 4.98 Å². The first-order valence-electron chi connectivity index (χ1n) is 7.23. The molecule has 1 aromatic carbocycles. The summed E-state index contributed by atoms with van der Waals surface area (Å²) in [5.41, 5.74) is 0.656. The van der Waals surface area contributed by atoms with Crippen LogP contribution < -0.4 is 0 Å². The van der Waals surface area contributed by atoms with Gasteiger partial charge in [0.25, 0.3) is 10.0 Å². The topological polar surface area (TPSA) is 62.6 Å². The summed E-state index contributed by atoms with van der Waals surface area (Å²) < 4.78 is 29.1. The van der Waals surface area contributed by atoms with E-state index >= 15 is 0 Å². The lowest BCUT2D eigenvalue weighted by Crippen LogP contribution is -2.37. The molecule has 0 fully saturated rings. The van der Waals surface area contributed by atoms with E-state index in [0.717, 1.165) is 11.3 Å². The number of hydrogen-bond donors (Lipinski definition) is 0. The van der Waals surface area contributed by atoms with Gasteiger partial charge in [0, 0.05) is 22.7 Å². The summed E-state index contributed by atoms with van der Waals surface area (Å²) in [6.07, 6.45) is 2.59. The van der Waals surface area contributed by atoms with Gasteiger partial charge in [-0.15, -0.1) is 15.7 Å². The number of hydrogen-bond acceptors (Lipinski definition) is 5. The molecule has 1 atom stereocenters. The number of thiazole rings is 1. The highest BCUT2D eigenvalue weighted by atomic mass is 35.5. The van der Waals surface area contributed by atoms with Gasteiger partial charge in [-0.3, -0.25) is 0 Å². The molecule has 0 saturated carbocycles. The maximum absolute atomic E-state index is 12.3. The summed E-state index contributed by atoms with van der Waals surface area (Å²) in [4.78, 5) is 7.30. The van der Waals surface area contributed by atoms with Crippen molar-refractivity contribution in [3.05, 3.63) is 45.4 Å². The Morgan fingerprint density at radius 2 is 2.09 bits per heavy atom. The molecule has 0 N–H and O–H groups in total. The van der Waals surface area contributed by atoms with Crippen LogP contribution in [0, 0.1) is 0 Å². The molecule has 0 radical (unpaired) electrons. The van der Waals surface area contributed by atoms with Crippen molar-refractivity contribution in [2.75, 3.05) is 0 Å². The van der Waals surface area contributed by atoms with Gasteiger partial charge >= 0.3 is 0 Å². The summed E-state index contributed by atoms with van der Waals surface area (Å²) >= 11 is 7.30. The van der Waals surface area contributed by atoms with Crippen LogP contribution in [-0.4, -0.2) is 30.2 Å². The van der Waals surface area contributed by atoms with Crippen LogP contribution in [-0.2, 0) is 16.6 Å². The van der Waals surface area contributed by atoms with Crippen LogP contribution in [0.5, 0.6) is 0 Å². The van der Waals surface area contributed by atoms with Crippen molar-refractivity contribution < 1.29 is 8.42 Å².